The number of imidazole rings is 1. The molecular weight excluding hydrogens is 218 g/mol. The van der Waals surface area contributed by atoms with Crippen LogP contribution in [0.25, 0.3) is 0 Å². The van der Waals surface area contributed by atoms with Crippen molar-refractivity contribution in [3.8, 4) is 0 Å². The van der Waals surface area contributed by atoms with Gasteiger partial charge in [-0.2, -0.15) is 0 Å². The number of nitrogens with one attached hydrogen (secondary N) is 1. The van der Waals surface area contributed by atoms with E-state index in [0.29, 0.717) is 0 Å². The van der Waals surface area contributed by atoms with Crippen molar-refractivity contribution in [1.29, 1.82) is 0 Å². The summed E-state index contributed by atoms with van der Waals surface area (Å²) < 4.78 is 2.11. The highest BCUT2D eigenvalue weighted by Gasteiger charge is 2.22. The molecule has 0 aliphatic heterocycles. The summed E-state index contributed by atoms with van der Waals surface area (Å²) in [5, 5.41) is 5.46. The lowest BCUT2D eigenvalue weighted by Gasteiger charge is -2.28. The first-order valence-corrected chi connectivity index (χ1v) is 7.05. The van der Waals surface area contributed by atoms with Crippen LogP contribution in [0.4, 0.5) is 0 Å². The standard InChI is InChI=1S/C12H21N3S/c1-3-13-10-5-4-6-11(9-10)16-12-14-7-8-15(12)2/h7-8,10-11,13H,3-6,9H2,1-2H3. The van der Waals surface area contributed by atoms with E-state index in [1.165, 1.54) is 25.7 Å². The van der Waals surface area contributed by atoms with E-state index in [1.54, 1.807) is 0 Å². The molecule has 1 fully saturated rings. The first-order chi connectivity index (χ1) is 7.79. The lowest BCUT2D eigenvalue weighted by Crippen LogP contribution is -2.34. The molecule has 16 heavy (non-hydrogen) atoms. The number of hydrogen-bond acceptors (Lipinski definition) is 3. The smallest absolute Gasteiger partial charge is 0.167 e. The van der Waals surface area contributed by atoms with Gasteiger partial charge in [0.15, 0.2) is 5.16 Å². The van der Waals surface area contributed by atoms with E-state index in [9.17, 15) is 0 Å². The molecule has 2 unspecified atom stereocenters. The van der Waals surface area contributed by atoms with E-state index in [2.05, 4.69) is 28.8 Å². The van der Waals surface area contributed by atoms with Gasteiger partial charge in [0, 0.05) is 30.7 Å². The maximum Gasteiger partial charge on any atom is 0.167 e. The first kappa shape index (κ1) is 12.0. The van der Waals surface area contributed by atoms with Gasteiger partial charge in [0.25, 0.3) is 0 Å². The Kier molecular flexibility index (Phi) is 4.29. The van der Waals surface area contributed by atoms with Crippen molar-refractivity contribution >= 4 is 11.8 Å². The minimum Gasteiger partial charge on any atom is -0.329 e. The fourth-order valence-electron chi connectivity index (χ4n) is 2.34. The molecule has 1 N–H and O–H groups in total. The molecule has 1 aromatic heterocycles. The second kappa shape index (κ2) is 5.73. The fraction of sp³-hybridized carbons (Fsp3) is 0.750. The van der Waals surface area contributed by atoms with E-state index in [1.807, 2.05) is 24.2 Å². The van der Waals surface area contributed by atoms with Gasteiger partial charge in [0.2, 0.25) is 0 Å². The van der Waals surface area contributed by atoms with Crippen LogP contribution < -0.4 is 5.32 Å². The van der Waals surface area contributed by atoms with Crippen LogP contribution in [0, 0.1) is 0 Å². The molecule has 0 saturated heterocycles. The summed E-state index contributed by atoms with van der Waals surface area (Å²) in [4.78, 5) is 4.39. The van der Waals surface area contributed by atoms with Gasteiger partial charge in [0.1, 0.15) is 0 Å². The van der Waals surface area contributed by atoms with E-state index in [-0.39, 0.29) is 0 Å². The van der Waals surface area contributed by atoms with Crippen LogP contribution in [0.5, 0.6) is 0 Å². The molecule has 0 spiro atoms. The van der Waals surface area contributed by atoms with Gasteiger partial charge in [-0.1, -0.05) is 25.1 Å². The molecule has 1 aliphatic carbocycles. The number of thioether (sulfide) groups is 1. The zero-order chi connectivity index (χ0) is 11.4. The predicted molar refractivity (Wildman–Crippen MR) is 68.8 cm³/mol. The van der Waals surface area contributed by atoms with Crippen molar-refractivity contribution in [2.45, 2.75) is 49.1 Å². The normalized spacial score (nSPS) is 25.9. The number of hydrogen-bond donors (Lipinski definition) is 1. The highest BCUT2D eigenvalue weighted by atomic mass is 32.2. The summed E-state index contributed by atoms with van der Waals surface area (Å²) in [5.74, 6) is 0. The molecule has 2 atom stereocenters. The summed E-state index contributed by atoms with van der Waals surface area (Å²) in [5.41, 5.74) is 0. The Labute approximate surface area is 102 Å². The molecule has 0 amide bonds. The summed E-state index contributed by atoms with van der Waals surface area (Å²) >= 11 is 1.94. The Morgan fingerprint density at radius 2 is 2.44 bits per heavy atom. The highest BCUT2D eigenvalue weighted by molar-refractivity contribution is 7.99. The van der Waals surface area contributed by atoms with Crippen LogP contribution in [-0.2, 0) is 7.05 Å². The summed E-state index contributed by atoms with van der Waals surface area (Å²) in [7, 11) is 2.07. The minimum atomic E-state index is 0.719. The van der Waals surface area contributed by atoms with Gasteiger partial charge in [-0.05, 0) is 25.8 Å². The molecule has 1 aliphatic rings. The summed E-state index contributed by atoms with van der Waals surface area (Å²) in [6.07, 6.45) is 9.20. The third-order valence-corrected chi connectivity index (χ3v) is 4.53. The van der Waals surface area contributed by atoms with E-state index < -0.39 is 0 Å². The quantitative estimate of drug-likeness (QED) is 0.875. The number of aryl methyl sites for hydroxylation is 1. The van der Waals surface area contributed by atoms with E-state index >= 15 is 0 Å². The average molecular weight is 239 g/mol. The fourth-order valence-corrected chi connectivity index (χ4v) is 3.60. The Bertz CT molecular complexity index is 322. The van der Waals surface area contributed by atoms with Crippen molar-refractivity contribution in [3.63, 3.8) is 0 Å². The molecule has 90 valence electrons. The van der Waals surface area contributed by atoms with Crippen molar-refractivity contribution in [3.05, 3.63) is 12.4 Å². The predicted octanol–water partition coefficient (Wildman–Crippen LogP) is 2.43. The molecule has 0 radical (unpaired) electrons. The molecule has 1 saturated carbocycles. The maximum absolute atomic E-state index is 4.39. The number of aromatic nitrogens is 2. The van der Waals surface area contributed by atoms with Crippen molar-refractivity contribution in [1.82, 2.24) is 14.9 Å². The van der Waals surface area contributed by atoms with Crippen LogP contribution in [0.2, 0.25) is 0 Å². The van der Waals surface area contributed by atoms with Gasteiger partial charge in [-0.3, -0.25) is 0 Å². The Balaban J connectivity index is 1.88. The molecule has 4 heteroatoms. The maximum atomic E-state index is 4.39. The van der Waals surface area contributed by atoms with Gasteiger partial charge in [0.05, 0.1) is 0 Å². The lowest BCUT2D eigenvalue weighted by molar-refractivity contribution is 0.387. The summed E-state index contributed by atoms with van der Waals surface area (Å²) in [6, 6.07) is 0.719. The molecule has 3 nitrogen and oxygen atoms in total. The third-order valence-electron chi connectivity index (χ3n) is 3.17. The van der Waals surface area contributed by atoms with Crippen molar-refractivity contribution in [2.24, 2.45) is 7.05 Å². The molecule has 2 rings (SSSR count). The molecule has 1 heterocycles. The largest absolute Gasteiger partial charge is 0.329 e. The van der Waals surface area contributed by atoms with Crippen LogP contribution in [0.15, 0.2) is 17.6 Å². The third kappa shape index (κ3) is 3.01. The molecular formula is C12H21N3S. The molecule has 1 aromatic rings. The van der Waals surface area contributed by atoms with Gasteiger partial charge >= 0.3 is 0 Å². The average Bonchev–Trinajstić information content (AvgIpc) is 2.66. The second-order valence-corrected chi connectivity index (χ2v) is 5.75. The Morgan fingerprint density at radius 1 is 1.56 bits per heavy atom. The second-order valence-electron chi connectivity index (χ2n) is 4.48. The van der Waals surface area contributed by atoms with Crippen molar-refractivity contribution in [2.75, 3.05) is 6.54 Å². The van der Waals surface area contributed by atoms with Crippen LogP contribution >= 0.6 is 11.8 Å². The van der Waals surface area contributed by atoms with E-state index in [4.69, 9.17) is 0 Å². The van der Waals surface area contributed by atoms with Gasteiger partial charge in [-0.25, -0.2) is 4.98 Å². The Morgan fingerprint density at radius 3 is 3.12 bits per heavy atom. The number of rotatable bonds is 4. The monoisotopic (exact) mass is 239 g/mol. The van der Waals surface area contributed by atoms with Crippen LogP contribution in [0.3, 0.4) is 0 Å². The highest BCUT2D eigenvalue weighted by Crippen LogP contribution is 2.32. The van der Waals surface area contributed by atoms with E-state index in [0.717, 1.165) is 23.0 Å². The van der Waals surface area contributed by atoms with Gasteiger partial charge in [-0.15, -0.1) is 0 Å². The zero-order valence-corrected chi connectivity index (χ0v) is 11.0. The van der Waals surface area contributed by atoms with Crippen LogP contribution in [-0.4, -0.2) is 27.4 Å². The van der Waals surface area contributed by atoms with Crippen molar-refractivity contribution < 1.29 is 0 Å². The minimum absolute atomic E-state index is 0.719. The van der Waals surface area contributed by atoms with Crippen LogP contribution in [0.1, 0.15) is 32.6 Å². The Hall–Kier alpha value is -0.480. The SMILES string of the molecule is CCNC1CCCC(Sc2nccn2C)C1. The number of nitrogens with zero attached hydrogens (tertiary/aromatic N) is 2. The summed E-state index contributed by atoms with van der Waals surface area (Å²) in [6.45, 7) is 3.28. The van der Waals surface area contributed by atoms with Gasteiger partial charge < -0.3 is 9.88 Å². The lowest BCUT2D eigenvalue weighted by atomic mass is 9.95. The zero-order valence-electron chi connectivity index (χ0n) is 10.1. The molecule has 0 aromatic carbocycles. The topological polar surface area (TPSA) is 29.9 Å². The first-order valence-electron chi connectivity index (χ1n) is 6.17. The molecule has 0 bridgehead atoms.